The minimum atomic E-state index is -3.77. The van der Waals surface area contributed by atoms with Crippen molar-refractivity contribution in [3.63, 3.8) is 0 Å². The van der Waals surface area contributed by atoms with E-state index in [0.29, 0.717) is 24.8 Å². The molecule has 0 unspecified atom stereocenters. The summed E-state index contributed by atoms with van der Waals surface area (Å²) in [6.45, 7) is 5.45. The number of benzene rings is 1. The Kier molecular flexibility index (Phi) is 4.82. The lowest BCUT2D eigenvalue weighted by atomic mass is 10.0. The summed E-state index contributed by atoms with van der Waals surface area (Å²) >= 11 is 0. The van der Waals surface area contributed by atoms with Gasteiger partial charge in [-0.15, -0.1) is 0 Å². The molecule has 0 fully saturated rings. The van der Waals surface area contributed by atoms with Gasteiger partial charge in [0.05, 0.1) is 6.54 Å². The van der Waals surface area contributed by atoms with Gasteiger partial charge in [0.25, 0.3) is 10.0 Å². The number of nitrogens with one attached hydrogen (secondary N) is 1. The number of nitrogens with two attached hydrogens (primary N) is 1. The van der Waals surface area contributed by atoms with E-state index in [-0.39, 0.29) is 5.09 Å². The molecule has 0 atom stereocenters. The number of rotatable bonds is 6. The summed E-state index contributed by atoms with van der Waals surface area (Å²) in [5, 5.41) is 7.98. The second-order valence-electron chi connectivity index (χ2n) is 5.27. The smallest absolute Gasteiger partial charge is 0.271 e. The van der Waals surface area contributed by atoms with E-state index in [0.717, 1.165) is 5.56 Å². The van der Waals surface area contributed by atoms with Gasteiger partial charge in [-0.25, -0.2) is 13.6 Å². The summed E-state index contributed by atoms with van der Waals surface area (Å²) in [7, 11) is -3.77. The van der Waals surface area contributed by atoms with E-state index in [1.165, 1.54) is 11.6 Å². The number of primary sulfonamides is 1. The van der Waals surface area contributed by atoms with Gasteiger partial charge in [-0.05, 0) is 29.2 Å². The topological polar surface area (TPSA) is 85.3 Å². The van der Waals surface area contributed by atoms with Crippen LogP contribution in [0.3, 0.4) is 0 Å². The van der Waals surface area contributed by atoms with Gasteiger partial charge in [0.2, 0.25) is 5.09 Å². The largest absolute Gasteiger partial charge is 0.447 e. The Morgan fingerprint density at radius 1 is 1.10 bits per heavy atom. The molecule has 0 spiro atoms. The molecular formula is C15H20N2O3S. The molecule has 0 saturated heterocycles. The Bertz CT molecular complexity index is 688. The Morgan fingerprint density at radius 3 is 2.29 bits per heavy atom. The van der Waals surface area contributed by atoms with Crippen LogP contribution in [0.4, 0.5) is 0 Å². The summed E-state index contributed by atoms with van der Waals surface area (Å²) in [5.41, 5.74) is 2.47. The van der Waals surface area contributed by atoms with E-state index >= 15 is 0 Å². The first-order chi connectivity index (χ1) is 9.86. The van der Waals surface area contributed by atoms with Gasteiger partial charge in [0.15, 0.2) is 0 Å². The number of furan rings is 1. The maximum absolute atomic E-state index is 11.1. The van der Waals surface area contributed by atoms with E-state index in [1.807, 2.05) is 0 Å². The van der Waals surface area contributed by atoms with Gasteiger partial charge >= 0.3 is 0 Å². The van der Waals surface area contributed by atoms with Gasteiger partial charge in [-0.1, -0.05) is 38.1 Å². The fraction of sp³-hybridized carbons (Fsp3) is 0.333. The Hall–Kier alpha value is -1.63. The van der Waals surface area contributed by atoms with Crippen molar-refractivity contribution in [1.82, 2.24) is 5.32 Å². The van der Waals surface area contributed by atoms with Gasteiger partial charge < -0.3 is 9.73 Å². The molecule has 0 aliphatic carbocycles. The van der Waals surface area contributed by atoms with Crippen molar-refractivity contribution in [3.8, 4) is 0 Å². The number of sulfonamides is 1. The van der Waals surface area contributed by atoms with Crippen LogP contribution in [0.5, 0.6) is 0 Å². The van der Waals surface area contributed by atoms with Crippen molar-refractivity contribution in [2.75, 3.05) is 0 Å². The lowest BCUT2D eigenvalue weighted by Gasteiger charge is -2.07. The molecule has 5 nitrogen and oxygen atoms in total. The van der Waals surface area contributed by atoms with Crippen molar-refractivity contribution in [2.45, 2.75) is 37.9 Å². The van der Waals surface area contributed by atoms with E-state index in [1.54, 1.807) is 6.07 Å². The highest BCUT2D eigenvalue weighted by Crippen LogP contribution is 2.15. The zero-order chi connectivity index (χ0) is 15.5. The van der Waals surface area contributed by atoms with Crippen LogP contribution in [-0.4, -0.2) is 8.42 Å². The van der Waals surface area contributed by atoms with E-state index in [2.05, 4.69) is 43.4 Å². The molecule has 1 heterocycles. The quantitative estimate of drug-likeness (QED) is 0.857. The van der Waals surface area contributed by atoms with Gasteiger partial charge in [-0.3, -0.25) is 0 Å². The van der Waals surface area contributed by atoms with Crippen molar-refractivity contribution in [3.05, 3.63) is 53.3 Å². The molecule has 2 rings (SSSR count). The average Bonchev–Trinajstić information content (AvgIpc) is 2.88. The van der Waals surface area contributed by atoms with Crippen molar-refractivity contribution >= 4 is 10.0 Å². The molecule has 0 aliphatic rings. The maximum Gasteiger partial charge on any atom is 0.271 e. The van der Waals surface area contributed by atoms with E-state index in [4.69, 9.17) is 9.56 Å². The second-order valence-corrected chi connectivity index (χ2v) is 6.76. The molecular weight excluding hydrogens is 288 g/mol. The third-order valence-corrected chi connectivity index (χ3v) is 3.97. The van der Waals surface area contributed by atoms with E-state index in [9.17, 15) is 8.42 Å². The highest BCUT2D eigenvalue weighted by Gasteiger charge is 2.12. The molecule has 114 valence electrons. The lowest BCUT2D eigenvalue weighted by molar-refractivity contribution is 0.402. The van der Waals surface area contributed by atoms with Crippen LogP contribution in [0, 0.1) is 0 Å². The summed E-state index contributed by atoms with van der Waals surface area (Å²) in [6, 6.07) is 11.4. The standard InChI is InChI=1S/C15H20N2O3S/c1-11(2)13-5-3-12(4-6-13)9-17-10-14-7-8-15(20-14)21(16,18)19/h3-8,11,17H,9-10H2,1-2H3,(H2,16,18,19). The molecule has 1 aromatic carbocycles. The second kappa shape index (κ2) is 6.43. The molecule has 1 aromatic heterocycles. The Labute approximate surface area is 125 Å². The number of hydrogen-bond acceptors (Lipinski definition) is 4. The summed E-state index contributed by atoms with van der Waals surface area (Å²) in [5.74, 6) is 1.06. The van der Waals surface area contributed by atoms with Crippen LogP contribution in [-0.2, 0) is 23.1 Å². The molecule has 0 bridgehead atoms. The van der Waals surface area contributed by atoms with Crippen LogP contribution < -0.4 is 10.5 Å². The van der Waals surface area contributed by atoms with Crippen molar-refractivity contribution < 1.29 is 12.8 Å². The molecule has 0 saturated carbocycles. The molecule has 3 N–H and O–H groups in total. The molecule has 0 aliphatic heterocycles. The molecule has 6 heteroatoms. The summed E-state index contributed by atoms with van der Waals surface area (Å²) < 4.78 is 27.3. The third kappa shape index (κ3) is 4.42. The lowest BCUT2D eigenvalue weighted by Crippen LogP contribution is -2.13. The molecule has 0 radical (unpaired) electrons. The first-order valence-corrected chi connectivity index (χ1v) is 8.32. The van der Waals surface area contributed by atoms with Crippen LogP contribution in [0.2, 0.25) is 0 Å². The maximum atomic E-state index is 11.1. The molecule has 0 amide bonds. The van der Waals surface area contributed by atoms with Gasteiger partial charge in [-0.2, -0.15) is 0 Å². The minimum Gasteiger partial charge on any atom is -0.447 e. The Morgan fingerprint density at radius 2 is 1.76 bits per heavy atom. The highest BCUT2D eigenvalue weighted by atomic mass is 32.2. The zero-order valence-electron chi connectivity index (χ0n) is 12.2. The van der Waals surface area contributed by atoms with Crippen LogP contribution >= 0.6 is 0 Å². The first kappa shape index (κ1) is 15.8. The third-order valence-electron chi connectivity index (χ3n) is 3.19. The van der Waals surface area contributed by atoms with Crippen molar-refractivity contribution in [2.24, 2.45) is 5.14 Å². The first-order valence-electron chi connectivity index (χ1n) is 6.77. The van der Waals surface area contributed by atoms with Crippen LogP contribution in [0.15, 0.2) is 45.9 Å². The van der Waals surface area contributed by atoms with E-state index < -0.39 is 10.0 Å². The Balaban J connectivity index is 1.88. The van der Waals surface area contributed by atoms with Gasteiger partial charge in [0, 0.05) is 6.54 Å². The summed E-state index contributed by atoms with van der Waals surface area (Å²) in [6.07, 6.45) is 0. The van der Waals surface area contributed by atoms with Crippen molar-refractivity contribution in [1.29, 1.82) is 0 Å². The fourth-order valence-electron chi connectivity index (χ4n) is 1.96. The van der Waals surface area contributed by atoms with Crippen LogP contribution in [0.25, 0.3) is 0 Å². The average molecular weight is 308 g/mol. The summed E-state index contributed by atoms with van der Waals surface area (Å²) in [4.78, 5) is 0. The normalized spacial score (nSPS) is 12.0. The molecule has 2 aromatic rings. The zero-order valence-corrected chi connectivity index (χ0v) is 13.0. The predicted molar refractivity (Wildman–Crippen MR) is 81.2 cm³/mol. The SMILES string of the molecule is CC(C)c1ccc(CNCc2ccc(S(N)(=O)=O)o2)cc1. The monoisotopic (exact) mass is 308 g/mol. The fourth-order valence-corrected chi connectivity index (χ4v) is 2.44. The predicted octanol–water partition coefficient (Wildman–Crippen LogP) is 2.34. The van der Waals surface area contributed by atoms with Gasteiger partial charge in [0.1, 0.15) is 5.76 Å². The van der Waals surface area contributed by atoms with Crippen LogP contribution in [0.1, 0.15) is 36.7 Å². The molecule has 21 heavy (non-hydrogen) atoms. The minimum absolute atomic E-state index is 0.208. The number of hydrogen-bond donors (Lipinski definition) is 2. The highest BCUT2D eigenvalue weighted by molar-refractivity contribution is 7.89.